The third kappa shape index (κ3) is 2.98. The summed E-state index contributed by atoms with van der Waals surface area (Å²) >= 11 is 5.71. The second-order valence-electron chi connectivity index (χ2n) is 5.53. The Kier molecular flexibility index (Phi) is 3.75. The molecule has 7 heteroatoms. The largest absolute Gasteiger partial charge is 0.311 e. The lowest BCUT2D eigenvalue weighted by Gasteiger charge is -2.29. The van der Waals surface area contributed by atoms with Gasteiger partial charge < -0.3 is 5.32 Å². The molecule has 1 aromatic rings. The highest BCUT2D eigenvalue weighted by Gasteiger charge is 2.35. The Morgan fingerprint density at radius 1 is 1.20 bits per heavy atom. The van der Waals surface area contributed by atoms with Gasteiger partial charge in [-0.2, -0.15) is 0 Å². The number of nitrogens with one attached hydrogen (secondary N) is 2. The van der Waals surface area contributed by atoms with Crippen LogP contribution >= 0.6 is 11.6 Å². The van der Waals surface area contributed by atoms with Crippen molar-refractivity contribution in [3.05, 3.63) is 29.0 Å². The van der Waals surface area contributed by atoms with E-state index in [0.29, 0.717) is 12.1 Å². The van der Waals surface area contributed by atoms with E-state index >= 15 is 0 Å². The molecule has 2 aliphatic heterocycles. The van der Waals surface area contributed by atoms with Crippen LogP contribution in [0.15, 0.2) is 23.1 Å². The molecule has 0 aliphatic carbocycles. The van der Waals surface area contributed by atoms with Gasteiger partial charge in [0.05, 0.1) is 4.90 Å². The van der Waals surface area contributed by atoms with E-state index < -0.39 is 15.8 Å². The number of fused-ring (bicyclic) bond motifs is 2. The van der Waals surface area contributed by atoms with Gasteiger partial charge in [-0.05, 0) is 43.9 Å². The lowest BCUT2D eigenvalue weighted by atomic mass is 10.0. The number of rotatable bonds is 3. The molecule has 2 unspecified atom stereocenters. The fourth-order valence-electron chi connectivity index (χ4n) is 3.12. The molecule has 20 heavy (non-hydrogen) atoms. The lowest BCUT2D eigenvalue weighted by molar-refractivity contribution is 0.345. The molecule has 2 bridgehead atoms. The van der Waals surface area contributed by atoms with Crippen LogP contribution in [0.1, 0.15) is 25.7 Å². The van der Waals surface area contributed by atoms with E-state index in [1.165, 1.54) is 6.07 Å². The van der Waals surface area contributed by atoms with Crippen molar-refractivity contribution in [1.29, 1.82) is 0 Å². The summed E-state index contributed by atoms with van der Waals surface area (Å²) in [5.41, 5.74) is 0. The monoisotopic (exact) mass is 318 g/mol. The Bertz CT molecular complexity index is 591. The minimum absolute atomic E-state index is 0.0794. The first-order chi connectivity index (χ1) is 9.42. The molecule has 0 aromatic heterocycles. The van der Waals surface area contributed by atoms with Crippen LogP contribution in [0.2, 0.25) is 5.02 Å². The lowest BCUT2D eigenvalue weighted by Crippen LogP contribution is -2.47. The molecule has 0 spiro atoms. The predicted octanol–water partition coefficient (Wildman–Crippen LogP) is 2.04. The van der Waals surface area contributed by atoms with Crippen molar-refractivity contribution >= 4 is 21.6 Å². The zero-order chi connectivity index (χ0) is 14.3. The molecule has 0 amide bonds. The Hall–Kier alpha value is -0.690. The average molecular weight is 319 g/mol. The van der Waals surface area contributed by atoms with Gasteiger partial charge in [0.2, 0.25) is 10.0 Å². The van der Waals surface area contributed by atoms with Crippen molar-refractivity contribution < 1.29 is 12.8 Å². The SMILES string of the molecule is O=S(=O)(NC1CC2CCC(C1)N2)c1cc(F)cc(Cl)c1. The van der Waals surface area contributed by atoms with Crippen LogP contribution in [-0.4, -0.2) is 26.5 Å². The first kappa shape index (κ1) is 14.3. The van der Waals surface area contributed by atoms with Crippen LogP contribution in [0.5, 0.6) is 0 Å². The van der Waals surface area contributed by atoms with Crippen molar-refractivity contribution in [1.82, 2.24) is 10.0 Å². The summed E-state index contributed by atoms with van der Waals surface area (Å²) in [5, 5.41) is 3.53. The summed E-state index contributed by atoms with van der Waals surface area (Å²) in [5.74, 6) is -0.650. The van der Waals surface area contributed by atoms with Gasteiger partial charge >= 0.3 is 0 Å². The molecule has 2 saturated heterocycles. The molecule has 2 N–H and O–H groups in total. The van der Waals surface area contributed by atoms with Crippen molar-refractivity contribution in [2.45, 2.75) is 48.7 Å². The fraction of sp³-hybridized carbons (Fsp3) is 0.538. The Morgan fingerprint density at radius 2 is 1.85 bits per heavy atom. The minimum atomic E-state index is -3.73. The third-order valence-electron chi connectivity index (χ3n) is 3.94. The maximum atomic E-state index is 13.3. The standard InChI is InChI=1S/C13H16ClFN2O2S/c14-8-3-9(15)5-13(4-8)20(18,19)17-12-6-10-1-2-11(7-12)16-10/h3-5,10-12,16-17H,1-2,6-7H2. The second kappa shape index (κ2) is 5.26. The van der Waals surface area contributed by atoms with Gasteiger partial charge in [0.25, 0.3) is 0 Å². The van der Waals surface area contributed by atoms with Gasteiger partial charge in [-0.15, -0.1) is 0 Å². The average Bonchev–Trinajstić information content (AvgIpc) is 2.67. The fourth-order valence-corrected chi connectivity index (χ4v) is 4.73. The first-order valence-electron chi connectivity index (χ1n) is 6.67. The first-order valence-corrected chi connectivity index (χ1v) is 8.53. The summed E-state index contributed by atoms with van der Waals surface area (Å²) in [7, 11) is -3.73. The van der Waals surface area contributed by atoms with Gasteiger partial charge in [0.15, 0.2) is 0 Å². The van der Waals surface area contributed by atoms with E-state index in [1.54, 1.807) is 0 Å². The molecule has 0 radical (unpaired) electrons. The van der Waals surface area contributed by atoms with Crippen LogP contribution in [0.3, 0.4) is 0 Å². The van der Waals surface area contributed by atoms with Crippen LogP contribution < -0.4 is 10.0 Å². The maximum Gasteiger partial charge on any atom is 0.240 e. The van der Waals surface area contributed by atoms with E-state index in [9.17, 15) is 12.8 Å². The van der Waals surface area contributed by atoms with E-state index in [0.717, 1.165) is 37.8 Å². The van der Waals surface area contributed by atoms with Gasteiger partial charge in [0.1, 0.15) is 5.82 Å². The quantitative estimate of drug-likeness (QED) is 0.896. The van der Waals surface area contributed by atoms with Crippen molar-refractivity contribution in [2.75, 3.05) is 0 Å². The molecule has 0 saturated carbocycles. The van der Waals surface area contributed by atoms with Gasteiger partial charge in [0, 0.05) is 23.1 Å². The molecule has 4 nitrogen and oxygen atoms in total. The Balaban J connectivity index is 1.78. The van der Waals surface area contributed by atoms with E-state index in [2.05, 4.69) is 10.0 Å². The third-order valence-corrected chi connectivity index (χ3v) is 5.66. The van der Waals surface area contributed by atoms with Crippen LogP contribution in [0, 0.1) is 5.82 Å². The van der Waals surface area contributed by atoms with Crippen LogP contribution in [-0.2, 0) is 10.0 Å². The number of hydrogen-bond acceptors (Lipinski definition) is 3. The normalized spacial score (nSPS) is 29.6. The highest BCUT2D eigenvalue weighted by molar-refractivity contribution is 7.89. The molecule has 2 fully saturated rings. The van der Waals surface area contributed by atoms with Crippen LogP contribution in [0.25, 0.3) is 0 Å². The minimum Gasteiger partial charge on any atom is -0.311 e. The van der Waals surface area contributed by atoms with Gasteiger partial charge in [-0.3, -0.25) is 0 Å². The van der Waals surface area contributed by atoms with E-state index in [-0.39, 0.29) is 16.0 Å². The zero-order valence-corrected chi connectivity index (χ0v) is 12.3. The molecular formula is C13H16ClFN2O2S. The number of hydrogen-bond donors (Lipinski definition) is 2. The van der Waals surface area contributed by atoms with Crippen LogP contribution in [0.4, 0.5) is 4.39 Å². The number of halogens is 2. The molecule has 2 aliphatic rings. The number of piperidine rings is 1. The zero-order valence-electron chi connectivity index (χ0n) is 10.8. The number of benzene rings is 1. The predicted molar refractivity (Wildman–Crippen MR) is 74.7 cm³/mol. The Morgan fingerprint density at radius 3 is 2.45 bits per heavy atom. The van der Waals surface area contributed by atoms with Gasteiger partial charge in [-0.25, -0.2) is 17.5 Å². The molecule has 3 rings (SSSR count). The highest BCUT2D eigenvalue weighted by atomic mass is 35.5. The summed E-state index contributed by atoms with van der Waals surface area (Å²) in [6.45, 7) is 0. The van der Waals surface area contributed by atoms with E-state index in [4.69, 9.17) is 11.6 Å². The Labute approximate surface area is 122 Å². The molecule has 2 atom stereocenters. The van der Waals surface area contributed by atoms with Crippen molar-refractivity contribution in [3.63, 3.8) is 0 Å². The maximum absolute atomic E-state index is 13.3. The van der Waals surface area contributed by atoms with Crippen molar-refractivity contribution in [2.24, 2.45) is 0 Å². The van der Waals surface area contributed by atoms with Crippen molar-refractivity contribution in [3.8, 4) is 0 Å². The topological polar surface area (TPSA) is 58.2 Å². The molecule has 2 heterocycles. The summed E-state index contributed by atoms with van der Waals surface area (Å²) in [6.07, 6.45) is 3.74. The number of sulfonamides is 1. The van der Waals surface area contributed by atoms with Gasteiger partial charge in [-0.1, -0.05) is 11.6 Å². The molecular weight excluding hydrogens is 303 g/mol. The smallest absolute Gasteiger partial charge is 0.240 e. The summed E-state index contributed by atoms with van der Waals surface area (Å²) < 4.78 is 40.5. The molecule has 110 valence electrons. The second-order valence-corrected chi connectivity index (χ2v) is 7.68. The highest BCUT2D eigenvalue weighted by Crippen LogP contribution is 2.28. The summed E-state index contributed by atoms with van der Waals surface area (Å²) in [6, 6.07) is 4.02. The molecule has 1 aromatic carbocycles. The van der Waals surface area contributed by atoms with E-state index in [1.807, 2.05) is 0 Å². The summed E-state index contributed by atoms with van der Waals surface area (Å²) in [4.78, 5) is -0.117.